The third kappa shape index (κ3) is 3.53. The second-order valence-electron chi connectivity index (χ2n) is 8.90. The largest absolute Gasteiger partial charge is 0.443 e. The highest BCUT2D eigenvalue weighted by Crippen LogP contribution is 2.46. The summed E-state index contributed by atoms with van der Waals surface area (Å²) in [6, 6.07) is 7.39. The van der Waals surface area contributed by atoms with E-state index in [0.29, 0.717) is 16.6 Å². The lowest BCUT2D eigenvalue weighted by Gasteiger charge is -2.24. The second kappa shape index (κ2) is 7.38. The molecule has 0 N–H and O–H groups in total. The molecule has 30 heavy (non-hydrogen) atoms. The molecular formula is C23H26N4O3. The van der Waals surface area contributed by atoms with Crippen LogP contribution in [0.1, 0.15) is 43.2 Å². The van der Waals surface area contributed by atoms with Crippen LogP contribution in [0.15, 0.2) is 39.9 Å². The predicted octanol–water partition coefficient (Wildman–Crippen LogP) is 3.28. The van der Waals surface area contributed by atoms with Crippen molar-refractivity contribution in [2.75, 3.05) is 18.0 Å². The molecular weight excluding hydrogens is 380 g/mol. The molecule has 156 valence electrons. The van der Waals surface area contributed by atoms with E-state index in [2.05, 4.69) is 15.0 Å². The Morgan fingerprint density at radius 3 is 2.87 bits per heavy atom. The van der Waals surface area contributed by atoms with Crippen LogP contribution in [0.5, 0.6) is 0 Å². The highest BCUT2D eigenvalue weighted by molar-refractivity contribution is 5.82. The van der Waals surface area contributed by atoms with Gasteiger partial charge in [-0.05, 0) is 55.4 Å². The number of nitrogens with zero attached hydrogens (tertiary/aromatic N) is 4. The number of rotatable bonds is 5. The Morgan fingerprint density at radius 2 is 2.03 bits per heavy atom. The molecule has 1 aromatic carbocycles. The topological polar surface area (TPSA) is 81.2 Å². The van der Waals surface area contributed by atoms with E-state index < -0.39 is 0 Å². The van der Waals surface area contributed by atoms with Crippen LogP contribution in [0.2, 0.25) is 0 Å². The average molecular weight is 406 g/mol. The van der Waals surface area contributed by atoms with Gasteiger partial charge < -0.3 is 9.32 Å². The van der Waals surface area contributed by atoms with Gasteiger partial charge >= 0.3 is 0 Å². The first-order valence-electron chi connectivity index (χ1n) is 10.7. The van der Waals surface area contributed by atoms with E-state index in [4.69, 9.17) is 4.42 Å². The van der Waals surface area contributed by atoms with Gasteiger partial charge in [-0.15, -0.1) is 0 Å². The molecule has 1 aliphatic carbocycles. The van der Waals surface area contributed by atoms with Crippen molar-refractivity contribution >= 4 is 22.7 Å². The van der Waals surface area contributed by atoms with Gasteiger partial charge in [-0.3, -0.25) is 9.59 Å². The number of Topliss-reactive ketones (excluding diaryl/α,β-unsaturated/α-hetero) is 1. The zero-order valence-electron chi connectivity index (χ0n) is 17.3. The van der Waals surface area contributed by atoms with Gasteiger partial charge in [0.2, 0.25) is 0 Å². The minimum Gasteiger partial charge on any atom is -0.443 e. The van der Waals surface area contributed by atoms with Crippen molar-refractivity contribution in [3.05, 3.63) is 52.1 Å². The molecule has 0 bridgehead atoms. The molecule has 3 heterocycles. The number of hydrogen-bond donors (Lipinski definition) is 0. The normalized spacial score (nSPS) is 18.0. The quantitative estimate of drug-likeness (QED) is 0.647. The van der Waals surface area contributed by atoms with E-state index in [1.807, 2.05) is 24.3 Å². The van der Waals surface area contributed by atoms with Gasteiger partial charge in [0.15, 0.2) is 17.8 Å². The molecule has 7 nitrogen and oxygen atoms in total. The van der Waals surface area contributed by atoms with Crippen LogP contribution in [0.25, 0.3) is 11.1 Å². The summed E-state index contributed by atoms with van der Waals surface area (Å²) in [5.41, 5.74) is 3.12. The Morgan fingerprint density at radius 1 is 1.20 bits per heavy atom. The molecule has 1 spiro atoms. The summed E-state index contributed by atoms with van der Waals surface area (Å²) >= 11 is 0. The van der Waals surface area contributed by atoms with Crippen molar-refractivity contribution in [2.45, 2.75) is 52.0 Å². The van der Waals surface area contributed by atoms with Gasteiger partial charge in [-0.2, -0.15) is 5.10 Å². The van der Waals surface area contributed by atoms with Crippen LogP contribution in [0.3, 0.4) is 0 Å². The third-order valence-electron chi connectivity index (χ3n) is 6.69. The first-order valence-corrected chi connectivity index (χ1v) is 10.7. The Hall–Kier alpha value is -2.96. The molecule has 1 saturated heterocycles. The van der Waals surface area contributed by atoms with Crippen molar-refractivity contribution in [1.29, 1.82) is 0 Å². The SMILES string of the molecule is Cc1cc(N2CCC3(CCCC3)C2)nn(CC(=O)Cc2ccc3ocnc3c2)c1=O. The van der Waals surface area contributed by atoms with E-state index in [-0.39, 0.29) is 24.3 Å². The molecule has 0 atom stereocenters. The molecule has 3 aromatic rings. The Bertz CT molecular complexity index is 1160. The molecule has 2 aromatic heterocycles. The van der Waals surface area contributed by atoms with E-state index >= 15 is 0 Å². The van der Waals surface area contributed by atoms with Crippen LogP contribution >= 0.6 is 0 Å². The number of ketones is 1. The highest BCUT2D eigenvalue weighted by atomic mass is 16.3. The number of aromatic nitrogens is 3. The number of hydrogen-bond acceptors (Lipinski definition) is 6. The van der Waals surface area contributed by atoms with E-state index in [1.165, 1.54) is 43.2 Å². The number of fused-ring (bicyclic) bond motifs is 1. The Kier molecular flexibility index (Phi) is 4.68. The molecule has 1 saturated carbocycles. The number of anilines is 1. The second-order valence-corrected chi connectivity index (χ2v) is 8.90. The predicted molar refractivity (Wildman–Crippen MR) is 114 cm³/mol. The monoisotopic (exact) mass is 406 g/mol. The van der Waals surface area contributed by atoms with Gasteiger partial charge in [-0.1, -0.05) is 18.9 Å². The number of benzene rings is 1. The first kappa shape index (κ1) is 19.0. The number of oxazole rings is 1. The Balaban J connectivity index is 1.33. The smallest absolute Gasteiger partial charge is 0.270 e. The highest BCUT2D eigenvalue weighted by Gasteiger charge is 2.40. The summed E-state index contributed by atoms with van der Waals surface area (Å²) in [4.78, 5) is 31.7. The molecule has 0 unspecified atom stereocenters. The maximum Gasteiger partial charge on any atom is 0.270 e. The fourth-order valence-corrected chi connectivity index (χ4v) is 5.05. The summed E-state index contributed by atoms with van der Waals surface area (Å²) in [7, 11) is 0. The fraction of sp³-hybridized carbons (Fsp3) is 0.478. The summed E-state index contributed by atoms with van der Waals surface area (Å²) < 4.78 is 6.58. The van der Waals surface area contributed by atoms with E-state index in [9.17, 15) is 9.59 Å². The van der Waals surface area contributed by atoms with Crippen molar-refractivity contribution in [3.63, 3.8) is 0 Å². The van der Waals surface area contributed by atoms with E-state index in [0.717, 1.165) is 30.0 Å². The average Bonchev–Trinajstić information content (AvgIpc) is 3.47. The molecule has 2 fully saturated rings. The minimum atomic E-state index is -0.200. The molecule has 2 aliphatic rings. The molecule has 0 amide bonds. The fourth-order valence-electron chi connectivity index (χ4n) is 5.05. The molecule has 5 rings (SSSR count). The molecule has 1 aliphatic heterocycles. The zero-order chi connectivity index (χ0) is 20.7. The van der Waals surface area contributed by atoms with Crippen molar-refractivity contribution in [3.8, 4) is 0 Å². The van der Waals surface area contributed by atoms with Gasteiger partial charge in [0.25, 0.3) is 5.56 Å². The van der Waals surface area contributed by atoms with Crippen molar-refractivity contribution in [1.82, 2.24) is 14.8 Å². The maximum absolute atomic E-state index is 12.7. The van der Waals surface area contributed by atoms with Gasteiger partial charge in [0, 0.05) is 25.1 Å². The number of carbonyl (C=O) groups excluding carboxylic acids is 1. The van der Waals surface area contributed by atoms with Gasteiger partial charge in [0.1, 0.15) is 17.9 Å². The lowest BCUT2D eigenvalue weighted by atomic mass is 9.86. The van der Waals surface area contributed by atoms with Crippen LogP contribution < -0.4 is 10.5 Å². The van der Waals surface area contributed by atoms with E-state index in [1.54, 1.807) is 6.92 Å². The van der Waals surface area contributed by atoms with Crippen LogP contribution in [0, 0.1) is 12.3 Å². The summed E-state index contributed by atoms with van der Waals surface area (Å²) in [5.74, 6) is 0.755. The maximum atomic E-state index is 12.7. The zero-order valence-corrected chi connectivity index (χ0v) is 17.3. The first-order chi connectivity index (χ1) is 14.5. The minimum absolute atomic E-state index is 0.0245. The van der Waals surface area contributed by atoms with Crippen molar-refractivity contribution in [2.24, 2.45) is 5.41 Å². The summed E-state index contributed by atoms with van der Waals surface area (Å²) in [6.45, 7) is 3.75. The van der Waals surface area contributed by atoms with Gasteiger partial charge in [-0.25, -0.2) is 9.67 Å². The number of carbonyl (C=O) groups is 1. The van der Waals surface area contributed by atoms with Crippen molar-refractivity contribution < 1.29 is 9.21 Å². The Labute approximate surface area is 174 Å². The van der Waals surface area contributed by atoms with Crippen LogP contribution in [-0.2, 0) is 17.8 Å². The standard InChI is InChI=1S/C23H26N4O3/c1-16-10-21(26-9-8-23(14-26)6-2-3-7-23)25-27(22(16)29)13-18(28)11-17-4-5-20-19(12-17)24-15-30-20/h4-5,10,12,15H,2-3,6-9,11,13-14H2,1H3. The molecule has 0 radical (unpaired) electrons. The third-order valence-corrected chi connectivity index (χ3v) is 6.69. The summed E-state index contributed by atoms with van der Waals surface area (Å²) in [5, 5.41) is 4.57. The number of aryl methyl sites for hydroxylation is 1. The summed E-state index contributed by atoms with van der Waals surface area (Å²) in [6.07, 6.45) is 8.02. The lowest BCUT2D eigenvalue weighted by Crippen LogP contribution is -2.33. The molecule has 7 heteroatoms. The van der Waals surface area contributed by atoms with Crippen LogP contribution in [-0.4, -0.2) is 33.6 Å². The lowest BCUT2D eigenvalue weighted by molar-refractivity contribution is -0.119. The van der Waals surface area contributed by atoms with Gasteiger partial charge in [0.05, 0.1) is 0 Å². The van der Waals surface area contributed by atoms with Crippen LogP contribution in [0.4, 0.5) is 5.82 Å².